The van der Waals surface area contributed by atoms with E-state index >= 15 is 0 Å². The number of rotatable bonds is 1. The van der Waals surface area contributed by atoms with Crippen molar-refractivity contribution < 1.29 is 0 Å². The standard InChI is InChI=1S/C16H19I/c1-12-4-7-14(8-5-12)15-9-6-13(2)10-16(3,17)11-15/h4,6-7,9-11H,5,8H2,1-3H3. The first-order chi connectivity index (χ1) is 7.96. The number of hydrogen-bond acceptors (Lipinski definition) is 0. The topological polar surface area (TPSA) is 0 Å². The molecule has 90 valence electrons. The lowest BCUT2D eigenvalue weighted by Crippen LogP contribution is -2.08. The Bertz CT molecular complexity index is 468. The van der Waals surface area contributed by atoms with Crippen LogP contribution in [-0.2, 0) is 0 Å². The molecule has 0 amide bonds. The SMILES string of the molecule is CC1=CC(C)(I)C=C(C2=CC=C(C)CC2)C=C1. The van der Waals surface area contributed by atoms with E-state index in [0.29, 0.717) is 0 Å². The molecule has 0 radical (unpaired) electrons. The van der Waals surface area contributed by atoms with Crippen molar-refractivity contribution in [3.63, 3.8) is 0 Å². The summed E-state index contributed by atoms with van der Waals surface area (Å²) in [5.41, 5.74) is 5.69. The van der Waals surface area contributed by atoms with Gasteiger partial charge in [-0.25, -0.2) is 0 Å². The van der Waals surface area contributed by atoms with Crippen LogP contribution in [0.2, 0.25) is 0 Å². The van der Waals surface area contributed by atoms with Crippen LogP contribution in [0.1, 0.15) is 33.6 Å². The van der Waals surface area contributed by atoms with Crippen LogP contribution >= 0.6 is 22.6 Å². The summed E-state index contributed by atoms with van der Waals surface area (Å²) in [5.74, 6) is 0. The Labute approximate surface area is 118 Å². The summed E-state index contributed by atoms with van der Waals surface area (Å²) in [6.07, 6.45) is 16.1. The van der Waals surface area contributed by atoms with E-state index < -0.39 is 0 Å². The van der Waals surface area contributed by atoms with Crippen molar-refractivity contribution in [1.82, 2.24) is 0 Å². The van der Waals surface area contributed by atoms with Crippen LogP contribution in [0.4, 0.5) is 0 Å². The Hall–Kier alpha value is -0.570. The molecule has 0 aromatic carbocycles. The highest BCUT2D eigenvalue weighted by Crippen LogP contribution is 2.33. The predicted octanol–water partition coefficient (Wildman–Crippen LogP) is 5.29. The fourth-order valence-electron chi connectivity index (χ4n) is 2.29. The van der Waals surface area contributed by atoms with Crippen LogP contribution in [0.25, 0.3) is 0 Å². The first-order valence-corrected chi connectivity index (χ1v) is 7.20. The maximum atomic E-state index is 2.51. The largest absolute Gasteiger partial charge is 0.0730 e. The highest BCUT2D eigenvalue weighted by molar-refractivity contribution is 14.1. The summed E-state index contributed by atoms with van der Waals surface area (Å²) in [5, 5.41) is 0. The van der Waals surface area contributed by atoms with E-state index in [9.17, 15) is 0 Å². The summed E-state index contributed by atoms with van der Waals surface area (Å²) in [7, 11) is 0. The van der Waals surface area contributed by atoms with Crippen molar-refractivity contribution in [2.75, 3.05) is 0 Å². The maximum absolute atomic E-state index is 2.51. The zero-order valence-corrected chi connectivity index (χ0v) is 12.9. The Balaban J connectivity index is 2.34. The van der Waals surface area contributed by atoms with Crippen LogP contribution in [0.3, 0.4) is 0 Å². The van der Waals surface area contributed by atoms with E-state index in [-0.39, 0.29) is 3.42 Å². The molecule has 2 aliphatic carbocycles. The number of hydrogen-bond donors (Lipinski definition) is 0. The summed E-state index contributed by atoms with van der Waals surface area (Å²) >= 11 is 2.51. The molecule has 0 aromatic heterocycles. The van der Waals surface area contributed by atoms with E-state index in [0.717, 1.165) is 0 Å². The van der Waals surface area contributed by atoms with Crippen LogP contribution in [-0.4, -0.2) is 3.42 Å². The molecule has 0 nitrogen and oxygen atoms in total. The molecule has 1 unspecified atom stereocenters. The second kappa shape index (κ2) is 4.97. The molecule has 0 aromatic rings. The molecule has 0 aliphatic heterocycles. The minimum absolute atomic E-state index is 0.123. The normalized spacial score (nSPS) is 28.9. The molecule has 0 N–H and O–H groups in total. The van der Waals surface area contributed by atoms with Gasteiger partial charge in [-0.15, -0.1) is 0 Å². The van der Waals surface area contributed by atoms with Crippen LogP contribution < -0.4 is 0 Å². The van der Waals surface area contributed by atoms with Gasteiger partial charge < -0.3 is 0 Å². The van der Waals surface area contributed by atoms with Gasteiger partial charge in [-0.05, 0) is 44.8 Å². The molecule has 2 aliphatic rings. The zero-order valence-electron chi connectivity index (χ0n) is 10.8. The lowest BCUT2D eigenvalue weighted by molar-refractivity contribution is 0.913. The van der Waals surface area contributed by atoms with Gasteiger partial charge in [-0.3, -0.25) is 0 Å². The van der Waals surface area contributed by atoms with Crippen LogP contribution in [0.15, 0.2) is 58.7 Å². The summed E-state index contributed by atoms with van der Waals surface area (Å²) in [4.78, 5) is 0. The van der Waals surface area contributed by atoms with E-state index in [1.54, 1.807) is 0 Å². The lowest BCUT2D eigenvalue weighted by atomic mass is 9.92. The van der Waals surface area contributed by atoms with Crippen LogP contribution in [0.5, 0.6) is 0 Å². The molecule has 0 fully saturated rings. The third-order valence-corrected chi connectivity index (χ3v) is 3.82. The minimum atomic E-state index is 0.123. The van der Waals surface area contributed by atoms with Gasteiger partial charge in [-0.2, -0.15) is 0 Å². The van der Waals surface area contributed by atoms with Gasteiger partial charge in [-0.1, -0.05) is 70.2 Å². The third kappa shape index (κ3) is 3.44. The zero-order chi connectivity index (χ0) is 12.5. The molecular weight excluding hydrogens is 319 g/mol. The van der Waals surface area contributed by atoms with E-state index in [4.69, 9.17) is 0 Å². The first-order valence-electron chi connectivity index (χ1n) is 6.12. The second-order valence-corrected chi connectivity index (χ2v) is 7.50. The molecule has 17 heavy (non-hydrogen) atoms. The van der Waals surface area contributed by atoms with Gasteiger partial charge in [0, 0.05) is 0 Å². The Kier molecular flexibility index (Phi) is 3.76. The number of allylic oxidation sites excluding steroid dienone is 10. The van der Waals surface area contributed by atoms with Gasteiger partial charge in [0.2, 0.25) is 0 Å². The predicted molar refractivity (Wildman–Crippen MR) is 84.5 cm³/mol. The molecule has 1 atom stereocenters. The number of halogens is 1. The quantitative estimate of drug-likeness (QED) is 0.450. The average molecular weight is 338 g/mol. The molecule has 0 saturated heterocycles. The fraction of sp³-hybridized carbons (Fsp3) is 0.375. The van der Waals surface area contributed by atoms with Crippen molar-refractivity contribution in [2.24, 2.45) is 0 Å². The van der Waals surface area contributed by atoms with E-state index in [1.807, 2.05) is 0 Å². The summed E-state index contributed by atoms with van der Waals surface area (Å²) in [6.45, 7) is 6.64. The van der Waals surface area contributed by atoms with E-state index in [2.05, 4.69) is 79.8 Å². The third-order valence-electron chi connectivity index (χ3n) is 3.20. The highest BCUT2D eigenvalue weighted by atomic mass is 127. The second-order valence-electron chi connectivity index (χ2n) is 5.18. The van der Waals surface area contributed by atoms with E-state index in [1.165, 1.54) is 35.1 Å². The van der Waals surface area contributed by atoms with Crippen molar-refractivity contribution in [2.45, 2.75) is 37.0 Å². The van der Waals surface area contributed by atoms with Gasteiger partial charge in [0.05, 0.1) is 3.42 Å². The summed E-state index contributed by atoms with van der Waals surface area (Å²) in [6, 6.07) is 0. The van der Waals surface area contributed by atoms with Gasteiger partial charge in [0.25, 0.3) is 0 Å². The fourth-order valence-corrected chi connectivity index (χ4v) is 3.12. The van der Waals surface area contributed by atoms with Gasteiger partial charge in [0.15, 0.2) is 0 Å². The Morgan fingerprint density at radius 1 is 1.06 bits per heavy atom. The highest BCUT2D eigenvalue weighted by Gasteiger charge is 2.18. The number of alkyl halides is 1. The smallest absolute Gasteiger partial charge is 0.0566 e. The lowest BCUT2D eigenvalue weighted by Gasteiger charge is -2.17. The molecule has 0 spiro atoms. The van der Waals surface area contributed by atoms with Crippen molar-refractivity contribution in [1.29, 1.82) is 0 Å². The minimum Gasteiger partial charge on any atom is -0.0730 e. The molecular formula is C16H19I. The molecule has 0 heterocycles. The monoisotopic (exact) mass is 338 g/mol. The van der Waals surface area contributed by atoms with Crippen molar-refractivity contribution >= 4 is 22.6 Å². The van der Waals surface area contributed by atoms with Crippen molar-refractivity contribution in [3.05, 3.63) is 58.7 Å². The molecule has 0 bridgehead atoms. The molecule has 2 rings (SSSR count). The molecule has 1 heteroatoms. The Morgan fingerprint density at radius 3 is 2.47 bits per heavy atom. The van der Waals surface area contributed by atoms with Crippen molar-refractivity contribution in [3.8, 4) is 0 Å². The maximum Gasteiger partial charge on any atom is 0.0566 e. The Morgan fingerprint density at radius 2 is 1.82 bits per heavy atom. The first kappa shape index (κ1) is 12.9. The van der Waals surface area contributed by atoms with Gasteiger partial charge in [0.1, 0.15) is 0 Å². The van der Waals surface area contributed by atoms with Crippen LogP contribution in [0, 0.1) is 0 Å². The summed E-state index contributed by atoms with van der Waals surface area (Å²) < 4.78 is 0.123. The van der Waals surface area contributed by atoms with Gasteiger partial charge >= 0.3 is 0 Å². The molecule has 0 saturated carbocycles. The average Bonchev–Trinajstić information content (AvgIpc) is 2.37.